The standard InChI is InChI=1S/C14H12N4O3.C2H6/c1-2-21-13(20)9-7-15-18(8-9)14-16-11-6-4-3-5-10(11)12(19)17-14;1-2/h3-8H,2H2,1H3,(H,16,17,19);1-2H3. The lowest BCUT2D eigenvalue weighted by atomic mass is 10.2. The second kappa shape index (κ2) is 7.35. The Morgan fingerprint density at radius 1 is 1.30 bits per heavy atom. The molecule has 23 heavy (non-hydrogen) atoms. The Morgan fingerprint density at radius 3 is 2.78 bits per heavy atom. The summed E-state index contributed by atoms with van der Waals surface area (Å²) in [7, 11) is 0. The van der Waals surface area contributed by atoms with Gasteiger partial charge in [-0.15, -0.1) is 0 Å². The average Bonchev–Trinajstić information content (AvgIpc) is 3.07. The summed E-state index contributed by atoms with van der Waals surface area (Å²) in [5.74, 6) is -0.221. The van der Waals surface area contributed by atoms with Crippen molar-refractivity contribution in [3.05, 3.63) is 52.6 Å². The molecule has 0 spiro atoms. The molecule has 7 nitrogen and oxygen atoms in total. The number of aromatic amines is 1. The number of esters is 1. The van der Waals surface area contributed by atoms with E-state index < -0.39 is 5.97 Å². The van der Waals surface area contributed by atoms with E-state index in [1.54, 1.807) is 31.2 Å². The van der Waals surface area contributed by atoms with Crippen LogP contribution in [0.5, 0.6) is 0 Å². The van der Waals surface area contributed by atoms with Crippen molar-refractivity contribution >= 4 is 16.9 Å². The molecule has 2 aromatic heterocycles. The van der Waals surface area contributed by atoms with Crippen LogP contribution in [0.1, 0.15) is 31.1 Å². The van der Waals surface area contributed by atoms with Crippen LogP contribution in [0, 0.1) is 0 Å². The fraction of sp³-hybridized carbons (Fsp3) is 0.250. The first-order chi connectivity index (χ1) is 11.2. The van der Waals surface area contributed by atoms with E-state index in [2.05, 4.69) is 15.1 Å². The molecule has 120 valence electrons. The van der Waals surface area contributed by atoms with E-state index in [-0.39, 0.29) is 18.1 Å². The first-order valence-corrected chi connectivity index (χ1v) is 7.40. The number of carbonyl (C=O) groups excluding carboxylic acids is 1. The predicted octanol–water partition coefficient (Wildman–Crippen LogP) is 2.31. The molecule has 7 heteroatoms. The van der Waals surface area contributed by atoms with Crippen molar-refractivity contribution in [3.8, 4) is 5.95 Å². The van der Waals surface area contributed by atoms with Crippen LogP contribution in [0.2, 0.25) is 0 Å². The van der Waals surface area contributed by atoms with Crippen LogP contribution in [-0.4, -0.2) is 32.3 Å². The molecule has 0 atom stereocenters. The average molecular weight is 314 g/mol. The summed E-state index contributed by atoms with van der Waals surface area (Å²) in [5.41, 5.74) is 0.598. The minimum absolute atomic E-state index is 0.245. The number of nitrogens with zero attached hydrogens (tertiary/aromatic N) is 3. The number of ether oxygens (including phenoxy) is 1. The van der Waals surface area contributed by atoms with E-state index in [0.29, 0.717) is 16.5 Å². The molecular weight excluding hydrogens is 296 g/mol. The van der Waals surface area contributed by atoms with Gasteiger partial charge in [-0.25, -0.2) is 14.5 Å². The summed E-state index contributed by atoms with van der Waals surface area (Å²) in [6.07, 6.45) is 2.83. The predicted molar refractivity (Wildman–Crippen MR) is 86.8 cm³/mol. The molecule has 0 aliphatic rings. The largest absolute Gasteiger partial charge is 0.462 e. The molecule has 0 aliphatic heterocycles. The lowest BCUT2D eigenvalue weighted by molar-refractivity contribution is 0.0526. The Kier molecular flexibility index (Phi) is 5.24. The molecule has 0 unspecified atom stereocenters. The van der Waals surface area contributed by atoms with Crippen molar-refractivity contribution in [1.82, 2.24) is 19.7 Å². The highest BCUT2D eigenvalue weighted by Gasteiger charge is 2.12. The molecule has 0 saturated heterocycles. The van der Waals surface area contributed by atoms with Crippen LogP contribution in [0.3, 0.4) is 0 Å². The lowest BCUT2D eigenvalue weighted by Crippen LogP contribution is -2.13. The Balaban J connectivity index is 0.000000924. The van der Waals surface area contributed by atoms with Gasteiger partial charge in [0.1, 0.15) is 0 Å². The van der Waals surface area contributed by atoms with Crippen molar-refractivity contribution in [1.29, 1.82) is 0 Å². The van der Waals surface area contributed by atoms with Gasteiger partial charge in [0.05, 0.1) is 29.3 Å². The van der Waals surface area contributed by atoms with Gasteiger partial charge in [-0.05, 0) is 19.1 Å². The minimum atomic E-state index is -0.466. The van der Waals surface area contributed by atoms with Gasteiger partial charge in [-0.3, -0.25) is 9.78 Å². The van der Waals surface area contributed by atoms with Gasteiger partial charge in [0.15, 0.2) is 0 Å². The number of para-hydroxylation sites is 1. The SMILES string of the molecule is CC.CCOC(=O)c1cnn(-c2nc3ccccc3c(=O)[nH]2)c1. The number of rotatable bonds is 3. The molecule has 3 aromatic rings. The minimum Gasteiger partial charge on any atom is -0.462 e. The van der Waals surface area contributed by atoms with E-state index in [9.17, 15) is 9.59 Å². The van der Waals surface area contributed by atoms with Gasteiger partial charge >= 0.3 is 5.97 Å². The normalized spacial score (nSPS) is 10.0. The molecule has 0 saturated carbocycles. The van der Waals surface area contributed by atoms with Crippen molar-refractivity contribution in [2.75, 3.05) is 6.61 Å². The molecule has 0 fully saturated rings. The quantitative estimate of drug-likeness (QED) is 0.749. The van der Waals surface area contributed by atoms with Gasteiger partial charge in [-0.2, -0.15) is 5.10 Å². The van der Waals surface area contributed by atoms with Crippen LogP contribution < -0.4 is 5.56 Å². The van der Waals surface area contributed by atoms with E-state index in [1.807, 2.05) is 13.8 Å². The molecule has 1 aromatic carbocycles. The number of H-pyrrole nitrogens is 1. The van der Waals surface area contributed by atoms with Gasteiger partial charge in [-0.1, -0.05) is 26.0 Å². The van der Waals surface area contributed by atoms with Crippen molar-refractivity contribution in [2.24, 2.45) is 0 Å². The summed E-state index contributed by atoms with van der Waals surface area (Å²) >= 11 is 0. The fourth-order valence-corrected chi connectivity index (χ4v) is 1.94. The third kappa shape index (κ3) is 3.45. The van der Waals surface area contributed by atoms with Crippen molar-refractivity contribution < 1.29 is 9.53 Å². The topological polar surface area (TPSA) is 89.9 Å². The number of hydrogen-bond donors (Lipinski definition) is 1. The maximum Gasteiger partial charge on any atom is 0.341 e. The fourth-order valence-electron chi connectivity index (χ4n) is 1.94. The Labute approximate surface area is 132 Å². The molecule has 0 bridgehead atoms. The first kappa shape index (κ1) is 16.4. The number of carbonyl (C=O) groups is 1. The summed E-state index contributed by atoms with van der Waals surface area (Å²) in [4.78, 5) is 30.5. The zero-order chi connectivity index (χ0) is 16.8. The maximum atomic E-state index is 12.0. The highest BCUT2D eigenvalue weighted by atomic mass is 16.5. The number of hydrogen-bond acceptors (Lipinski definition) is 5. The summed E-state index contributed by atoms with van der Waals surface area (Å²) in [6, 6.07) is 7.00. The zero-order valence-corrected chi connectivity index (χ0v) is 13.2. The monoisotopic (exact) mass is 314 g/mol. The van der Waals surface area contributed by atoms with E-state index in [0.717, 1.165) is 0 Å². The Morgan fingerprint density at radius 2 is 2.04 bits per heavy atom. The number of fused-ring (bicyclic) bond motifs is 1. The smallest absolute Gasteiger partial charge is 0.341 e. The lowest BCUT2D eigenvalue weighted by Gasteiger charge is -2.02. The molecule has 2 heterocycles. The molecular formula is C16H18N4O3. The van der Waals surface area contributed by atoms with Crippen LogP contribution >= 0.6 is 0 Å². The summed E-state index contributed by atoms with van der Waals surface area (Å²) < 4.78 is 6.22. The molecule has 3 rings (SSSR count). The Bertz CT molecular complexity index is 867. The van der Waals surface area contributed by atoms with Crippen molar-refractivity contribution in [3.63, 3.8) is 0 Å². The number of aromatic nitrogens is 4. The van der Waals surface area contributed by atoms with E-state index >= 15 is 0 Å². The van der Waals surface area contributed by atoms with Gasteiger partial charge in [0.25, 0.3) is 5.56 Å². The highest BCUT2D eigenvalue weighted by Crippen LogP contribution is 2.09. The number of nitrogens with one attached hydrogen (secondary N) is 1. The third-order valence-corrected chi connectivity index (χ3v) is 2.91. The molecule has 0 amide bonds. The summed E-state index contributed by atoms with van der Waals surface area (Å²) in [5, 5.41) is 4.52. The second-order valence-electron chi connectivity index (χ2n) is 4.30. The van der Waals surface area contributed by atoms with E-state index in [1.165, 1.54) is 17.1 Å². The van der Waals surface area contributed by atoms with Crippen LogP contribution in [-0.2, 0) is 4.74 Å². The summed E-state index contributed by atoms with van der Waals surface area (Å²) in [6.45, 7) is 6.01. The van der Waals surface area contributed by atoms with Crippen molar-refractivity contribution in [2.45, 2.75) is 20.8 Å². The van der Waals surface area contributed by atoms with Gasteiger partial charge in [0, 0.05) is 6.20 Å². The molecule has 0 radical (unpaired) electrons. The van der Waals surface area contributed by atoms with Gasteiger partial charge in [0.2, 0.25) is 5.95 Å². The second-order valence-corrected chi connectivity index (χ2v) is 4.30. The third-order valence-electron chi connectivity index (χ3n) is 2.91. The zero-order valence-electron chi connectivity index (χ0n) is 13.2. The van der Waals surface area contributed by atoms with Crippen LogP contribution in [0.15, 0.2) is 41.5 Å². The number of benzene rings is 1. The molecule has 1 N–H and O–H groups in total. The highest BCUT2D eigenvalue weighted by molar-refractivity contribution is 5.88. The van der Waals surface area contributed by atoms with E-state index in [4.69, 9.17) is 4.74 Å². The maximum absolute atomic E-state index is 12.0. The molecule has 0 aliphatic carbocycles. The van der Waals surface area contributed by atoms with Crippen LogP contribution in [0.25, 0.3) is 16.9 Å². The first-order valence-electron chi connectivity index (χ1n) is 7.40. The van der Waals surface area contributed by atoms with Gasteiger partial charge < -0.3 is 4.74 Å². The van der Waals surface area contributed by atoms with Crippen LogP contribution in [0.4, 0.5) is 0 Å². The Hall–Kier alpha value is -2.96.